The molecule has 0 saturated heterocycles. The summed E-state index contributed by atoms with van der Waals surface area (Å²) < 4.78 is 18.0. The van der Waals surface area contributed by atoms with Gasteiger partial charge in [0.15, 0.2) is 17.3 Å². The van der Waals surface area contributed by atoms with Crippen LogP contribution in [-0.2, 0) is 4.79 Å². The van der Waals surface area contributed by atoms with Gasteiger partial charge in [-0.2, -0.15) is 4.68 Å². The number of carbonyl (C=O) groups excluding carboxylic acids is 1. The number of fused-ring (bicyclic) bond motifs is 1. The van der Waals surface area contributed by atoms with Crippen molar-refractivity contribution in [3.8, 4) is 17.2 Å². The Hall–Kier alpha value is -3.10. The van der Waals surface area contributed by atoms with Crippen LogP contribution in [0.3, 0.4) is 0 Å². The van der Waals surface area contributed by atoms with Gasteiger partial charge in [0, 0.05) is 17.7 Å². The van der Waals surface area contributed by atoms with Gasteiger partial charge in [0.1, 0.15) is 6.04 Å². The third-order valence-corrected chi connectivity index (χ3v) is 5.20. The fraction of sp³-hybridized carbons (Fsp3) is 0.474. The van der Waals surface area contributed by atoms with Crippen molar-refractivity contribution in [3.63, 3.8) is 0 Å². The van der Waals surface area contributed by atoms with Crippen molar-refractivity contribution >= 4 is 11.7 Å². The highest BCUT2D eigenvalue weighted by molar-refractivity contribution is 6.00. The van der Waals surface area contributed by atoms with Crippen LogP contribution in [-0.4, -0.2) is 47.3 Å². The molecule has 1 aliphatic heterocycles. The molecule has 0 bridgehead atoms. The predicted molar refractivity (Wildman–Crippen MR) is 101 cm³/mol. The second kappa shape index (κ2) is 6.50. The zero-order valence-corrected chi connectivity index (χ0v) is 16.6. The molecule has 2 aliphatic rings. The summed E-state index contributed by atoms with van der Waals surface area (Å²) >= 11 is 0. The van der Waals surface area contributed by atoms with E-state index in [0.29, 0.717) is 35.2 Å². The molecule has 2 heterocycles. The molecule has 0 fully saturated rings. The van der Waals surface area contributed by atoms with Gasteiger partial charge in [0.2, 0.25) is 11.7 Å². The van der Waals surface area contributed by atoms with E-state index in [4.69, 9.17) is 14.2 Å². The number of allylic oxidation sites excluding steroid dienone is 2. The number of carbonyl (C=O) groups is 1. The van der Waals surface area contributed by atoms with E-state index in [1.54, 1.807) is 26.0 Å². The molecule has 0 amide bonds. The van der Waals surface area contributed by atoms with Gasteiger partial charge in [-0.25, -0.2) is 0 Å². The van der Waals surface area contributed by atoms with E-state index in [2.05, 4.69) is 34.7 Å². The lowest BCUT2D eigenvalue weighted by molar-refractivity contribution is -0.118. The molecule has 1 aromatic carbocycles. The van der Waals surface area contributed by atoms with Crippen LogP contribution < -0.4 is 19.5 Å². The first kappa shape index (κ1) is 18.3. The van der Waals surface area contributed by atoms with Crippen LogP contribution in [0.5, 0.6) is 17.2 Å². The van der Waals surface area contributed by atoms with E-state index >= 15 is 0 Å². The van der Waals surface area contributed by atoms with Gasteiger partial charge in [-0.05, 0) is 40.0 Å². The number of aromatic nitrogens is 4. The molecule has 4 rings (SSSR count). The summed E-state index contributed by atoms with van der Waals surface area (Å²) in [5.74, 6) is 2.10. The summed E-state index contributed by atoms with van der Waals surface area (Å²) in [7, 11) is 4.67. The highest BCUT2D eigenvalue weighted by Crippen LogP contribution is 2.47. The van der Waals surface area contributed by atoms with Gasteiger partial charge in [-0.1, -0.05) is 18.9 Å². The molecule has 2 aromatic rings. The largest absolute Gasteiger partial charge is 0.493 e. The third-order valence-electron chi connectivity index (χ3n) is 5.20. The molecule has 1 atom stereocenters. The molecule has 1 N–H and O–H groups in total. The van der Waals surface area contributed by atoms with Crippen molar-refractivity contribution in [2.45, 2.75) is 32.7 Å². The van der Waals surface area contributed by atoms with Gasteiger partial charge in [0.05, 0.1) is 21.3 Å². The standard InChI is InChI=1S/C19H23N5O4/c1-19(2)8-11-15(12(25)9-19)16(24-18(20-11)21-22-23-24)10-6-13(26-3)17(28-5)14(7-10)27-4/h6-7,16H,8-9H2,1-5H3,(H,20,21,23)/t16-/m0/s1. The summed E-state index contributed by atoms with van der Waals surface area (Å²) in [4.78, 5) is 13.1. The van der Waals surface area contributed by atoms with Gasteiger partial charge < -0.3 is 19.5 Å². The van der Waals surface area contributed by atoms with Gasteiger partial charge in [-0.3, -0.25) is 4.79 Å². The zero-order valence-electron chi connectivity index (χ0n) is 16.6. The van der Waals surface area contributed by atoms with Gasteiger partial charge in [0.25, 0.3) is 0 Å². The number of hydrogen-bond acceptors (Lipinski definition) is 8. The van der Waals surface area contributed by atoms with Crippen molar-refractivity contribution in [2.24, 2.45) is 5.41 Å². The fourth-order valence-corrected chi connectivity index (χ4v) is 4.04. The lowest BCUT2D eigenvalue weighted by Gasteiger charge is -2.38. The number of rotatable bonds is 4. The Balaban J connectivity index is 1.93. The van der Waals surface area contributed by atoms with Crippen molar-refractivity contribution in [3.05, 3.63) is 29.0 Å². The summed E-state index contributed by atoms with van der Waals surface area (Å²) in [5.41, 5.74) is 2.19. The SMILES string of the molecule is COc1cc([C@H]2C3=C(CC(C)(C)CC3=O)Nc3nnnn32)cc(OC)c1OC. The summed E-state index contributed by atoms with van der Waals surface area (Å²) in [6.07, 6.45) is 1.20. The average Bonchev–Trinajstić information content (AvgIpc) is 3.12. The number of nitrogens with one attached hydrogen (secondary N) is 1. The van der Waals surface area contributed by atoms with E-state index in [9.17, 15) is 4.79 Å². The Kier molecular flexibility index (Phi) is 4.24. The van der Waals surface area contributed by atoms with Crippen LogP contribution in [0.25, 0.3) is 0 Å². The van der Waals surface area contributed by atoms with Crippen molar-refractivity contribution in [2.75, 3.05) is 26.6 Å². The zero-order chi connectivity index (χ0) is 20.1. The number of tetrazole rings is 1. The van der Waals surface area contributed by atoms with Crippen LogP contribution in [0.1, 0.15) is 38.3 Å². The summed E-state index contributed by atoms with van der Waals surface area (Å²) in [6, 6.07) is 3.19. The molecule has 0 saturated carbocycles. The normalized spacial score (nSPS) is 20.2. The Morgan fingerprint density at radius 1 is 1.11 bits per heavy atom. The minimum atomic E-state index is -0.474. The Bertz CT molecular complexity index is 953. The van der Waals surface area contributed by atoms with E-state index in [1.807, 2.05) is 12.1 Å². The maximum absolute atomic E-state index is 13.1. The number of Topliss-reactive ketones (excluding diaryl/α,β-unsaturated/α-hetero) is 1. The number of hydrogen-bond donors (Lipinski definition) is 1. The summed E-state index contributed by atoms with van der Waals surface area (Å²) in [5, 5.41) is 15.2. The van der Waals surface area contributed by atoms with Crippen LogP contribution in [0, 0.1) is 5.41 Å². The molecule has 1 aromatic heterocycles. The molecular weight excluding hydrogens is 362 g/mol. The quantitative estimate of drug-likeness (QED) is 0.856. The van der Waals surface area contributed by atoms with Gasteiger partial charge >= 0.3 is 0 Å². The maximum Gasteiger partial charge on any atom is 0.248 e. The minimum Gasteiger partial charge on any atom is -0.493 e. The van der Waals surface area contributed by atoms with E-state index in [0.717, 1.165) is 17.7 Å². The highest BCUT2D eigenvalue weighted by atomic mass is 16.5. The van der Waals surface area contributed by atoms with Crippen LogP contribution in [0.15, 0.2) is 23.4 Å². The average molecular weight is 385 g/mol. The number of nitrogens with zero attached hydrogens (tertiary/aromatic N) is 4. The summed E-state index contributed by atoms with van der Waals surface area (Å²) in [6.45, 7) is 4.17. The first-order valence-electron chi connectivity index (χ1n) is 8.99. The van der Waals surface area contributed by atoms with E-state index in [-0.39, 0.29) is 11.2 Å². The molecule has 0 spiro atoms. The third kappa shape index (κ3) is 2.78. The van der Waals surface area contributed by atoms with Crippen LogP contribution >= 0.6 is 0 Å². The van der Waals surface area contributed by atoms with Crippen LogP contribution in [0.2, 0.25) is 0 Å². The second-order valence-electron chi connectivity index (χ2n) is 7.77. The van der Waals surface area contributed by atoms with Crippen molar-refractivity contribution in [1.29, 1.82) is 0 Å². The molecule has 9 nitrogen and oxygen atoms in total. The minimum absolute atomic E-state index is 0.0821. The lowest BCUT2D eigenvalue weighted by Crippen LogP contribution is -2.36. The fourth-order valence-electron chi connectivity index (χ4n) is 4.04. The number of ketones is 1. The Morgan fingerprint density at radius 3 is 2.39 bits per heavy atom. The molecule has 0 radical (unpaired) electrons. The Labute approximate surface area is 162 Å². The lowest BCUT2D eigenvalue weighted by atomic mass is 9.73. The monoisotopic (exact) mass is 385 g/mol. The van der Waals surface area contributed by atoms with Gasteiger partial charge in [-0.15, -0.1) is 0 Å². The molecule has 0 unspecified atom stereocenters. The first-order chi connectivity index (χ1) is 13.4. The molecular formula is C19H23N5O4. The number of benzene rings is 1. The number of anilines is 1. The van der Waals surface area contributed by atoms with Crippen LogP contribution in [0.4, 0.5) is 5.95 Å². The van der Waals surface area contributed by atoms with E-state index in [1.165, 1.54) is 0 Å². The second-order valence-corrected chi connectivity index (χ2v) is 7.77. The smallest absolute Gasteiger partial charge is 0.248 e. The molecule has 1 aliphatic carbocycles. The van der Waals surface area contributed by atoms with Crippen molar-refractivity contribution in [1.82, 2.24) is 20.2 Å². The molecule has 148 valence electrons. The maximum atomic E-state index is 13.1. The number of methoxy groups -OCH3 is 3. The molecule has 9 heteroatoms. The highest BCUT2D eigenvalue weighted by Gasteiger charge is 2.42. The number of ether oxygens (including phenoxy) is 3. The first-order valence-corrected chi connectivity index (χ1v) is 8.99. The topological polar surface area (TPSA) is 100 Å². The Morgan fingerprint density at radius 2 is 1.79 bits per heavy atom. The van der Waals surface area contributed by atoms with E-state index < -0.39 is 6.04 Å². The predicted octanol–water partition coefficient (Wildman–Crippen LogP) is 2.36. The van der Waals surface area contributed by atoms with Crippen molar-refractivity contribution < 1.29 is 19.0 Å². The molecule has 28 heavy (non-hydrogen) atoms.